The predicted molar refractivity (Wildman–Crippen MR) is 78.0 cm³/mol. The Kier molecular flexibility index (Phi) is 3.33. The Labute approximate surface area is 122 Å². The van der Waals surface area contributed by atoms with Gasteiger partial charge in [-0.25, -0.2) is 9.78 Å². The number of benzene rings is 1. The molecule has 1 amide bonds. The number of carbonyl (C=O) groups excluding carboxylic acids is 1. The van der Waals surface area contributed by atoms with Crippen LogP contribution in [0.2, 0.25) is 0 Å². The van der Waals surface area contributed by atoms with Gasteiger partial charge in [0.15, 0.2) is 0 Å². The number of carbonyl (C=O) groups is 2. The summed E-state index contributed by atoms with van der Waals surface area (Å²) in [5, 5.41) is 13.0. The zero-order valence-corrected chi connectivity index (χ0v) is 11.5. The van der Waals surface area contributed by atoms with E-state index in [1.807, 2.05) is 30.3 Å². The number of aliphatic carboxylic acids is 1. The molecule has 1 heterocycles. The Morgan fingerprint density at radius 2 is 1.81 bits per heavy atom. The Morgan fingerprint density at radius 1 is 1.10 bits per heavy atom. The molecule has 0 atom stereocenters. The minimum Gasteiger partial charge on any atom is -0.480 e. The lowest BCUT2D eigenvalue weighted by Gasteiger charge is -2.25. The average Bonchev–Trinajstić information content (AvgIpc) is 2.96. The Bertz CT molecular complexity index is 705. The van der Waals surface area contributed by atoms with Crippen molar-refractivity contribution in [2.75, 3.05) is 0 Å². The van der Waals surface area contributed by atoms with Crippen LogP contribution in [-0.2, 0) is 4.79 Å². The van der Waals surface area contributed by atoms with Gasteiger partial charge in [-0.2, -0.15) is 0 Å². The van der Waals surface area contributed by atoms with Crippen molar-refractivity contribution in [3.05, 3.63) is 42.1 Å². The van der Waals surface area contributed by atoms with E-state index >= 15 is 0 Å². The summed E-state index contributed by atoms with van der Waals surface area (Å²) < 4.78 is 0. The summed E-state index contributed by atoms with van der Waals surface area (Å²) in [6.07, 6.45) is 2.58. The molecule has 5 nitrogen and oxygen atoms in total. The van der Waals surface area contributed by atoms with Crippen LogP contribution < -0.4 is 5.32 Å². The fourth-order valence-corrected chi connectivity index (χ4v) is 2.84. The molecule has 1 aliphatic carbocycles. The zero-order chi connectivity index (χ0) is 14.9. The van der Waals surface area contributed by atoms with Crippen molar-refractivity contribution in [2.24, 2.45) is 0 Å². The van der Waals surface area contributed by atoms with E-state index in [4.69, 9.17) is 0 Å². The number of nitrogens with zero attached hydrogens (tertiary/aromatic N) is 1. The van der Waals surface area contributed by atoms with Gasteiger partial charge in [-0.15, -0.1) is 0 Å². The van der Waals surface area contributed by atoms with Gasteiger partial charge in [0.2, 0.25) is 0 Å². The molecule has 0 saturated heterocycles. The SMILES string of the molecule is O=C(NC1(C(=O)O)CCCC1)c1ccc2ccccc2n1. The molecular formula is C16H16N2O3. The van der Waals surface area contributed by atoms with Crippen LogP contribution in [-0.4, -0.2) is 27.5 Å². The third-order valence-corrected chi connectivity index (χ3v) is 4.05. The van der Waals surface area contributed by atoms with Crippen molar-refractivity contribution in [1.29, 1.82) is 0 Å². The highest BCUT2D eigenvalue weighted by atomic mass is 16.4. The number of para-hydroxylation sites is 1. The largest absolute Gasteiger partial charge is 0.480 e. The maximum Gasteiger partial charge on any atom is 0.329 e. The lowest BCUT2D eigenvalue weighted by molar-refractivity contribution is -0.144. The highest BCUT2D eigenvalue weighted by Crippen LogP contribution is 2.30. The van der Waals surface area contributed by atoms with E-state index in [0.29, 0.717) is 12.8 Å². The summed E-state index contributed by atoms with van der Waals surface area (Å²) in [6.45, 7) is 0. The van der Waals surface area contributed by atoms with Crippen molar-refractivity contribution < 1.29 is 14.7 Å². The second-order valence-corrected chi connectivity index (χ2v) is 5.44. The third kappa shape index (κ3) is 2.46. The van der Waals surface area contributed by atoms with E-state index in [1.165, 1.54) is 0 Å². The van der Waals surface area contributed by atoms with E-state index in [1.54, 1.807) is 6.07 Å². The minimum atomic E-state index is -1.13. The van der Waals surface area contributed by atoms with E-state index in [9.17, 15) is 14.7 Å². The second kappa shape index (κ2) is 5.16. The monoisotopic (exact) mass is 284 g/mol. The summed E-state index contributed by atoms with van der Waals surface area (Å²) in [4.78, 5) is 28.1. The van der Waals surface area contributed by atoms with Crippen LogP contribution in [0.15, 0.2) is 36.4 Å². The molecule has 1 aromatic carbocycles. The van der Waals surface area contributed by atoms with E-state index in [0.717, 1.165) is 23.7 Å². The summed E-state index contributed by atoms with van der Waals surface area (Å²) in [7, 11) is 0. The molecule has 0 unspecified atom stereocenters. The number of hydrogen-bond donors (Lipinski definition) is 2. The molecule has 3 rings (SSSR count). The lowest BCUT2D eigenvalue weighted by atomic mass is 9.97. The molecule has 1 saturated carbocycles. The molecule has 1 fully saturated rings. The number of carboxylic acid groups (broad SMARTS) is 1. The van der Waals surface area contributed by atoms with E-state index < -0.39 is 17.4 Å². The first-order valence-electron chi connectivity index (χ1n) is 7.02. The van der Waals surface area contributed by atoms with Crippen LogP contribution >= 0.6 is 0 Å². The third-order valence-electron chi connectivity index (χ3n) is 4.05. The molecular weight excluding hydrogens is 268 g/mol. The van der Waals surface area contributed by atoms with Gasteiger partial charge in [0.05, 0.1) is 5.52 Å². The summed E-state index contributed by atoms with van der Waals surface area (Å²) >= 11 is 0. The zero-order valence-electron chi connectivity index (χ0n) is 11.5. The Balaban J connectivity index is 1.88. The van der Waals surface area contributed by atoms with Crippen molar-refractivity contribution >= 4 is 22.8 Å². The molecule has 1 aliphatic rings. The average molecular weight is 284 g/mol. The highest BCUT2D eigenvalue weighted by molar-refractivity contribution is 5.98. The van der Waals surface area contributed by atoms with Crippen LogP contribution in [0.1, 0.15) is 36.2 Å². The molecule has 0 bridgehead atoms. The van der Waals surface area contributed by atoms with Crippen LogP contribution in [0.25, 0.3) is 10.9 Å². The van der Waals surface area contributed by atoms with Crippen LogP contribution in [0.4, 0.5) is 0 Å². The first kappa shape index (κ1) is 13.5. The van der Waals surface area contributed by atoms with Crippen molar-refractivity contribution in [2.45, 2.75) is 31.2 Å². The fourth-order valence-electron chi connectivity index (χ4n) is 2.84. The smallest absolute Gasteiger partial charge is 0.329 e. The normalized spacial score (nSPS) is 16.8. The molecule has 0 aliphatic heterocycles. The molecule has 0 radical (unpaired) electrons. The Hall–Kier alpha value is -2.43. The summed E-state index contributed by atoms with van der Waals surface area (Å²) in [5.74, 6) is -1.39. The molecule has 0 spiro atoms. The van der Waals surface area contributed by atoms with Gasteiger partial charge in [0.25, 0.3) is 5.91 Å². The fraction of sp³-hybridized carbons (Fsp3) is 0.312. The second-order valence-electron chi connectivity index (χ2n) is 5.44. The molecule has 1 aromatic heterocycles. The van der Waals surface area contributed by atoms with Crippen molar-refractivity contribution in [1.82, 2.24) is 10.3 Å². The van der Waals surface area contributed by atoms with Gasteiger partial charge in [0, 0.05) is 5.39 Å². The van der Waals surface area contributed by atoms with Crippen LogP contribution in [0.5, 0.6) is 0 Å². The van der Waals surface area contributed by atoms with Gasteiger partial charge in [-0.3, -0.25) is 4.79 Å². The molecule has 108 valence electrons. The maximum absolute atomic E-state index is 12.3. The standard InChI is InChI=1S/C16H16N2O3/c19-14(18-16(15(20)21)9-3-4-10-16)13-8-7-11-5-1-2-6-12(11)17-13/h1-2,5-8H,3-4,9-10H2,(H,18,19)(H,20,21). The number of nitrogens with one attached hydrogen (secondary N) is 1. The number of carboxylic acids is 1. The number of pyridine rings is 1. The summed E-state index contributed by atoms with van der Waals surface area (Å²) in [6, 6.07) is 10.9. The number of rotatable bonds is 3. The lowest BCUT2D eigenvalue weighted by Crippen LogP contribution is -2.52. The highest BCUT2D eigenvalue weighted by Gasteiger charge is 2.42. The van der Waals surface area contributed by atoms with Crippen LogP contribution in [0, 0.1) is 0 Å². The van der Waals surface area contributed by atoms with E-state index in [2.05, 4.69) is 10.3 Å². The maximum atomic E-state index is 12.3. The number of fused-ring (bicyclic) bond motifs is 1. The Morgan fingerprint density at radius 3 is 2.52 bits per heavy atom. The van der Waals surface area contributed by atoms with Crippen LogP contribution in [0.3, 0.4) is 0 Å². The predicted octanol–water partition coefficient (Wildman–Crippen LogP) is 2.36. The van der Waals surface area contributed by atoms with E-state index in [-0.39, 0.29) is 5.69 Å². The molecule has 2 N–H and O–H groups in total. The first-order chi connectivity index (χ1) is 10.1. The first-order valence-corrected chi connectivity index (χ1v) is 7.02. The van der Waals surface area contributed by atoms with Gasteiger partial charge < -0.3 is 10.4 Å². The molecule has 21 heavy (non-hydrogen) atoms. The molecule has 5 heteroatoms. The van der Waals surface area contributed by atoms with Gasteiger partial charge >= 0.3 is 5.97 Å². The number of hydrogen-bond acceptors (Lipinski definition) is 3. The van der Waals surface area contributed by atoms with Crippen molar-refractivity contribution in [3.63, 3.8) is 0 Å². The number of aromatic nitrogens is 1. The molecule has 2 aromatic rings. The quantitative estimate of drug-likeness (QED) is 0.906. The summed E-state index contributed by atoms with van der Waals surface area (Å²) in [5.41, 5.74) is -0.160. The minimum absolute atomic E-state index is 0.251. The van der Waals surface area contributed by atoms with Gasteiger partial charge in [-0.1, -0.05) is 37.1 Å². The van der Waals surface area contributed by atoms with Gasteiger partial charge in [0.1, 0.15) is 11.2 Å². The van der Waals surface area contributed by atoms with Gasteiger partial charge in [-0.05, 0) is 25.0 Å². The number of amides is 1. The topological polar surface area (TPSA) is 79.3 Å². The van der Waals surface area contributed by atoms with Crippen molar-refractivity contribution in [3.8, 4) is 0 Å².